The van der Waals surface area contributed by atoms with Crippen molar-refractivity contribution in [2.45, 2.75) is 46.5 Å². The van der Waals surface area contributed by atoms with Gasteiger partial charge in [-0.05, 0) is 62.7 Å². The second-order valence-corrected chi connectivity index (χ2v) is 7.89. The third kappa shape index (κ3) is 4.44. The molecule has 2 aliphatic heterocycles. The molecule has 2 saturated heterocycles. The van der Waals surface area contributed by atoms with Crippen molar-refractivity contribution in [1.29, 1.82) is 0 Å². The summed E-state index contributed by atoms with van der Waals surface area (Å²) in [7, 11) is 0. The van der Waals surface area contributed by atoms with Crippen LogP contribution in [0.4, 0.5) is 0 Å². The zero-order valence-electron chi connectivity index (χ0n) is 13.1. The van der Waals surface area contributed by atoms with Crippen molar-refractivity contribution in [2.24, 2.45) is 10.8 Å². The summed E-state index contributed by atoms with van der Waals surface area (Å²) in [6.45, 7) is 14.7. The van der Waals surface area contributed by atoms with Crippen LogP contribution in [0.3, 0.4) is 0 Å². The molecule has 1 N–H and O–H groups in total. The number of rotatable bonds is 5. The molecule has 0 saturated carbocycles. The Morgan fingerprint density at radius 1 is 0.947 bits per heavy atom. The van der Waals surface area contributed by atoms with Gasteiger partial charge in [0.25, 0.3) is 0 Å². The Labute approximate surface area is 119 Å². The standard InChI is InChI=1S/C16H32N2O/c1-15(2,12-17-8-4-5-9-17)13-18-10-6-16(3,14-19)7-11-18/h19H,4-14H2,1-3H3. The molecule has 3 heteroatoms. The quantitative estimate of drug-likeness (QED) is 0.828. The highest BCUT2D eigenvalue weighted by Crippen LogP contribution is 2.32. The topological polar surface area (TPSA) is 26.7 Å². The van der Waals surface area contributed by atoms with E-state index in [-0.39, 0.29) is 5.41 Å². The molecule has 3 nitrogen and oxygen atoms in total. The number of nitrogens with zero attached hydrogens (tertiary/aromatic N) is 2. The molecule has 0 aromatic rings. The zero-order chi connectivity index (χ0) is 13.9. The molecular weight excluding hydrogens is 236 g/mol. The van der Waals surface area contributed by atoms with Crippen LogP contribution in [0, 0.1) is 10.8 Å². The van der Waals surface area contributed by atoms with Gasteiger partial charge in [0.1, 0.15) is 0 Å². The molecule has 0 amide bonds. The van der Waals surface area contributed by atoms with E-state index in [1.54, 1.807) is 0 Å². The third-order valence-electron chi connectivity index (χ3n) is 4.95. The second-order valence-electron chi connectivity index (χ2n) is 7.89. The molecule has 112 valence electrons. The summed E-state index contributed by atoms with van der Waals surface area (Å²) >= 11 is 0. The highest BCUT2D eigenvalue weighted by Gasteiger charge is 2.32. The van der Waals surface area contributed by atoms with E-state index in [9.17, 15) is 5.11 Å². The van der Waals surface area contributed by atoms with E-state index >= 15 is 0 Å². The van der Waals surface area contributed by atoms with Crippen molar-refractivity contribution in [3.8, 4) is 0 Å². The lowest BCUT2D eigenvalue weighted by atomic mass is 9.80. The first kappa shape index (κ1) is 15.3. The normalized spacial score (nSPS) is 25.9. The maximum Gasteiger partial charge on any atom is 0.0485 e. The molecule has 2 aliphatic rings. The summed E-state index contributed by atoms with van der Waals surface area (Å²) in [4.78, 5) is 5.23. The first-order valence-electron chi connectivity index (χ1n) is 7.98. The van der Waals surface area contributed by atoms with Crippen LogP contribution in [0.25, 0.3) is 0 Å². The predicted octanol–water partition coefficient (Wildman–Crippen LogP) is 2.20. The van der Waals surface area contributed by atoms with Crippen molar-refractivity contribution < 1.29 is 5.11 Å². The van der Waals surface area contributed by atoms with Gasteiger partial charge in [0.2, 0.25) is 0 Å². The van der Waals surface area contributed by atoms with Crippen LogP contribution in [-0.4, -0.2) is 60.8 Å². The van der Waals surface area contributed by atoms with Gasteiger partial charge in [0.05, 0.1) is 0 Å². The fourth-order valence-electron chi connectivity index (χ4n) is 3.61. The van der Waals surface area contributed by atoms with Gasteiger partial charge in [-0.2, -0.15) is 0 Å². The van der Waals surface area contributed by atoms with Gasteiger partial charge >= 0.3 is 0 Å². The average molecular weight is 268 g/mol. The average Bonchev–Trinajstić information content (AvgIpc) is 2.84. The van der Waals surface area contributed by atoms with Gasteiger partial charge in [-0.25, -0.2) is 0 Å². The molecule has 19 heavy (non-hydrogen) atoms. The van der Waals surface area contributed by atoms with Gasteiger partial charge < -0.3 is 14.9 Å². The van der Waals surface area contributed by atoms with Crippen LogP contribution in [-0.2, 0) is 0 Å². The number of hydrogen-bond donors (Lipinski definition) is 1. The third-order valence-corrected chi connectivity index (χ3v) is 4.95. The molecule has 0 unspecified atom stereocenters. The van der Waals surface area contributed by atoms with Crippen molar-refractivity contribution in [3.63, 3.8) is 0 Å². The maximum atomic E-state index is 9.43. The Balaban J connectivity index is 1.77. The highest BCUT2D eigenvalue weighted by molar-refractivity contribution is 4.86. The predicted molar refractivity (Wildman–Crippen MR) is 80.3 cm³/mol. The fraction of sp³-hybridized carbons (Fsp3) is 1.00. The summed E-state index contributed by atoms with van der Waals surface area (Å²) in [6.07, 6.45) is 5.05. The Morgan fingerprint density at radius 3 is 1.89 bits per heavy atom. The van der Waals surface area contributed by atoms with Gasteiger partial charge in [-0.3, -0.25) is 0 Å². The van der Waals surface area contributed by atoms with Crippen LogP contribution in [0.1, 0.15) is 46.5 Å². The first-order chi connectivity index (χ1) is 8.92. The van der Waals surface area contributed by atoms with Crippen LogP contribution in [0.15, 0.2) is 0 Å². The van der Waals surface area contributed by atoms with E-state index < -0.39 is 0 Å². The minimum absolute atomic E-state index is 0.176. The number of aliphatic hydroxyl groups is 1. The SMILES string of the molecule is CC(C)(CN1CCCC1)CN1CCC(C)(CO)CC1. The number of likely N-dealkylation sites (tertiary alicyclic amines) is 2. The Bertz CT molecular complexity index is 276. The van der Waals surface area contributed by atoms with Crippen molar-refractivity contribution in [2.75, 3.05) is 45.9 Å². The molecular formula is C16H32N2O. The van der Waals surface area contributed by atoms with Crippen LogP contribution in [0.2, 0.25) is 0 Å². The van der Waals surface area contributed by atoms with E-state index in [0.717, 1.165) is 25.9 Å². The van der Waals surface area contributed by atoms with E-state index in [0.29, 0.717) is 12.0 Å². The van der Waals surface area contributed by atoms with Gasteiger partial charge in [-0.1, -0.05) is 20.8 Å². The number of piperidine rings is 1. The van der Waals surface area contributed by atoms with E-state index in [2.05, 4.69) is 30.6 Å². The highest BCUT2D eigenvalue weighted by atomic mass is 16.3. The van der Waals surface area contributed by atoms with E-state index in [4.69, 9.17) is 0 Å². The summed E-state index contributed by atoms with van der Waals surface area (Å²) in [5.41, 5.74) is 0.562. The minimum atomic E-state index is 0.176. The maximum absolute atomic E-state index is 9.43. The van der Waals surface area contributed by atoms with Crippen LogP contribution >= 0.6 is 0 Å². The molecule has 0 radical (unpaired) electrons. The second kappa shape index (κ2) is 6.11. The van der Waals surface area contributed by atoms with E-state index in [1.807, 2.05) is 0 Å². The molecule has 2 fully saturated rings. The van der Waals surface area contributed by atoms with Gasteiger partial charge in [0, 0.05) is 19.7 Å². The molecule has 0 aliphatic carbocycles. The van der Waals surface area contributed by atoms with Gasteiger partial charge in [0.15, 0.2) is 0 Å². The zero-order valence-corrected chi connectivity index (χ0v) is 13.1. The lowest BCUT2D eigenvalue weighted by Crippen LogP contribution is -2.46. The summed E-state index contributed by atoms with van der Waals surface area (Å²) in [5.74, 6) is 0. The molecule has 0 aromatic carbocycles. The number of aliphatic hydroxyl groups excluding tert-OH is 1. The molecule has 0 atom stereocenters. The molecule has 2 heterocycles. The molecule has 0 aromatic heterocycles. The van der Waals surface area contributed by atoms with Gasteiger partial charge in [-0.15, -0.1) is 0 Å². The summed E-state index contributed by atoms with van der Waals surface area (Å²) in [6, 6.07) is 0. The lowest BCUT2D eigenvalue weighted by molar-refractivity contribution is 0.0373. The Kier molecular flexibility index (Phi) is 4.91. The molecule has 2 rings (SSSR count). The minimum Gasteiger partial charge on any atom is -0.396 e. The fourth-order valence-corrected chi connectivity index (χ4v) is 3.61. The largest absolute Gasteiger partial charge is 0.396 e. The lowest BCUT2D eigenvalue weighted by Gasteiger charge is -2.42. The van der Waals surface area contributed by atoms with Crippen LogP contribution < -0.4 is 0 Å². The summed E-state index contributed by atoms with van der Waals surface area (Å²) in [5, 5.41) is 9.43. The van der Waals surface area contributed by atoms with Crippen molar-refractivity contribution in [3.05, 3.63) is 0 Å². The van der Waals surface area contributed by atoms with E-state index in [1.165, 1.54) is 39.0 Å². The molecule has 0 bridgehead atoms. The smallest absolute Gasteiger partial charge is 0.0485 e. The Morgan fingerprint density at radius 2 is 1.42 bits per heavy atom. The van der Waals surface area contributed by atoms with Crippen molar-refractivity contribution >= 4 is 0 Å². The van der Waals surface area contributed by atoms with Crippen molar-refractivity contribution in [1.82, 2.24) is 9.80 Å². The Hall–Kier alpha value is -0.120. The monoisotopic (exact) mass is 268 g/mol. The van der Waals surface area contributed by atoms with Crippen LogP contribution in [0.5, 0.6) is 0 Å². The molecule has 0 spiro atoms. The summed E-state index contributed by atoms with van der Waals surface area (Å²) < 4.78 is 0. The first-order valence-corrected chi connectivity index (χ1v) is 7.98. The number of hydrogen-bond acceptors (Lipinski definition) is 3.